The van der Waals surface area contributed by atoms with Gasteiger partial charge in [0.05, 0.1) is 10.5 Å². The molecule has 2 aromatic carbocycles. The number of carbonyl (C=O) groups is 2. The molecule has 7 nitrogen and oxygen atoms in total. The molecule has 0 heterocycles. The van der Waals surface area contributed by atoms with E-state index in [-0.39, 0.29) is 16.2 Å². The van der Waals surface area contributed by atoms with Gasteiger partial charge in [-0.25, -0.2) is 8.42 Å². The number of hydrogen-bond donors (Lipinski definition) is 1. The van der Waals surface area contributed by atoms with Crippen LogP contribution in [0.15, 0.2) is 47.4 Å². The van der Waals surface area contributed by atoms with Gasteiger partial charge in [0.1, 0.15) is 12.6 Å². The Morgan fingerprint density at radius 3 is 2.48 bits per heavy atom. The van der Waals surface area contributed by atoms with Gasteiger partial charge < -0.3 is 4.74 Å². The van der Waals surface area contributed by atoms with Gasteiger partial charge in [-0.15, -0.1) is 0 Å². The predicted octanol–water partition coefficient (Wildman–Crippen LogP) is 2.39. The molecular weight excluding hydrogens is 392 g/mol. The lowest BCUT2D eigenvalue weighted by molar-refractivity contribution is -0.141. The number of ketones is 1. The highest BCUT2D eigenvalue weighted by Gasteiger charge is 2.20. The quantitative estimate of drug-likeness (QED) is 0.498. The Morgan fingerprint density at radius 1 is 1.10 bits per heavy atom. The van der Waals surface area contributed by atoms with Crippen molar-refractivity contribution in [3.63, 3.8) is 0 Å². The zero-order valence-electron chi connectivity index (χ0n) is 16.3. The number of nitrogens with zero attached hydrogens (tertiary/aromatic N) is 1. The van der Waals surface area contributed by atoms with E-state index in [9.17, 15) is 18.0 Å². The highest BCUT2D eigenvalue weighted by Crippen LogP contribution is 2.15. The third kappa shape index (κ3) is 5.73. The van der Waals surface area contributed by atoms with Crippen molar-refractivity contribution in [3.05, 3.63) is 64.7 Å². The molecule has 1 N–H and O–H groups in total. The van der Waals surface area contributed by atoms with Crippen LogP contribution in [0.25, 0.3) is 0 Å². The summed E-state index contributed by atoms with van der Waals surface area (Å²) in [4.78, 5) is 24.1. The molecule has 2 aromatic rings. The molecule has 0 aliphatic rings. The molecule has 0 saturated carbocycles. The second-order valence-electron chi connectivity index (χ2n) is 6.21. The Bertz CT molecular complexity index is 1050. The molecule has 0 spiro atoms. The van der Waals surface area contributed by atoms with Crippen molar-refractivity contribution in [1.29, 1.82) is 5.26 Å². The standard InChI is InChI=1S/C21H22N2O5S/c1-3-15-9-10-16(4-2)18(11-15)19(24)14-28-21(25)13-23-29(26,27)20-8-6-5-7-17(20)12-22/h5-11,23H,3-4,13-14H2,1-2H3. The van der Waals surface area contributed by atoms with Gasteiger partial charge in [-0.3, -0.25) is 9.59 Å². The summed E-state index contributed by atoms with van der Waals surface area (Å²) in [6.45, 7) is 2.78. The number of nitrogens with one attached hydrogen (secondary N) is 1. The fraction of sp³-hybridized carbons (Fsp3) is 0.286. The van der Waals surface area contributed by atoms with Crippen LogP contribution in [0.1, 0.15) is 40.9 Å². The molecule has 0 fully saturated rings. The zero-order valence-corrected chi connectivity index (χ0v) is 17.1. The van der Waals surface area contributed by atoms with Crippen LogP contribution in [0.5, 0.6) is 0 Å². The average molecular weight is 414 g/mol. The van der Waals surface area contributed by atoms with E-state index in [1.54, 1.807) is 12.1 Å². The van der Waals surface area contributed by atoms with Crippen LogP contribution in [0.4, 0.5) is 0 Å². The van der Waals surface area contributed by atoms with Crippen LogP contribution in [0.3, 0.4) is 0 Å². The van der Waals surface area contributed by atoms with E-state index in [4.69, 9.17) is 10.00 Å². The van der Waals surface area contributed by atoms with Gasteiger partial charge in [0.15, 0.2) is 6.61 Å². The van der Waals surface area contributed by atoms with Crippen molar-refractivity contribution in [2.45, 2.75) is 31.6 Å². The van der Waals surface area contributed by atoms with Crippen LogP contribution in [-0.4, -0.2) is 33.3 Å². The Kier molecular flexibility index (Phi) is 7.65. The second kappa shape index (κ2) is 9.96. The van der Waals surface area contributed by atoms with E-state index < -0.39 is 29.1 Å². The smallest absolute Gasteiger partial charge is 0.321 e. The Morgan fingerprint density at radius 2 is 1.83 bits per heavy atom. The minimum atomic E-state index is -4.07. The Hall–Kier alpha value is -3.02. The fourth-order valence-electron chi connectivity index (χ4n) is 2.71. The number of aryl methyl sites for hydroxylation is 2. The summed E-state index contributed by atoms with van der Waals surface area (Å²) in [6.07, 6.45) is 1.44. The van der Waals surface area contributed by atoms with E-state index >= 15 is 0 Å². The summed E-state index contributed by atoms with van der Waals surface area (Å²) in [5.41, 5.74) is 2.33. The number of carbonyl (C=O) groups excluding carboxylic acids is 2. The van der Waals surface area contributed by atoms with Crippen molar-refractivity contribution in [2.75, 3.05) is 13.2 Å². The first-order valence-electron chi connectivity index (χ1n) is 9.11. The SMILES string of the molecule is CCc1ccc(CC)c(C(=O)COC(=O)CNS(=O)(=O)c2ccccc2C#N)c1. The molecular formula is C21H22N2O5S. The number of Topliss-reactive ketones (excluding diaryl/α,β-unsaturated/α-hetero) is 1. The van der Waals surface area contributed by atoms with Crippen LogP contribution >= 0.6 is 0 Å². The van der Waals surface area contributed by atoms with Crippen molar-refractivity contribution < 1.29 is 22.7 Å². The molecule has 8 heteroatoms. The predicted molar refractivity (Wildman–Crippen MR) is 107 cm³/mol. The van der Waals surface area contributed by atoms with Gasteiger partial charge >= 0.3 is 5.97 Å². The Labute approximate surface area is 170 Å². The van der Waals surface area contributed by atoms with Gasteiger partial charge in [0, 0.05) is 5.56 Å². The molecule has 0 atom stereocenters. The first kappa shape index (κ1) is 22.3. The molecule has 0 bridgehead atoms. The minimum Gasteiger partial charge on any atom is -0.456 e. The van der Waals surface area contributed by atoms with Crippen LogP contribution in [-0.2, 0) is 32.4 Å². The number of sulfonamides is 1. The maximum Gasteiger partial charge on any atom is 0.321 e. The number of benzene rings is 2. The molecule has 0 unspecified atom stereocenters. The van der Waals surface area contributed by atoms with Gasteiger partial charge in [-0.05, 0) is 42.2 Å². The van der Waals surface area contributed by atoms with E-state index in [1.165, 1.54) is 24.3 Å². The van der Waals surface area contributed by atoms with Crippen LogP contribution in [0.2, 0.25) is 0 Å². The first-order valence-corrected chi connectivity index (χ1v) is 10.6. The van der Waals surface area contributed by atoms with Crippen molar-refractivity contribution in [3.8, 4) is 6.07 Å². The summed E-state index contributed by atoms with van der Waals surface area (Å²) in [6, 6.07) is 13.1. The number of rotatable bonds is 9. The monoisotopic (exact) mass is 414 g/mol. The van der Waals surface area contributed by atoms with E-state index in [1.807, 2.05) is 26.0 Å². The van der Waals surface area contributed by atoms with Crippen LogP contribution in [0, 0.1) is 11.3 Å². The van der Waals surface area contributed by atoms with Crippen molar-refractivity contribution in [2.24, 2.45) is 0 Å². The maximum atomic E-state index is 12.5. The molecule has 0 saturated heterocycles. The number of nitriles is 1. The van der Waals surface area contributed by atoms with E-state index in [2.05, 4.69) is 4.72 Å². The summed E-state index contributed by atoms with van der Waals surface area (Å²) in [7, 11) is -4.07. The molecule has 2 rings (SSSR count). The number of hydrogen-bond acceptors (Lipinski definition) is 6. The second-order valence-corrected chi connectivity index (χ2v) is 7.95. The molecule has 0 aliphatic heterocycles. The molecule has 152 valence electrons. The molecule has 0 radical (unpaired) electrons. The fourth-order valence-corrected chi connectivity index (χ4v) is 3.84. The molecule has 0 amide bonds. The summed E-state index contributed by atoms with van der Waals surface area (Å²) in [5.74, 6) is -1.23. The van der Waals surface area contributed by atoms with Crippen molar-refractivity contribution >= 4 is 21.8 Å². The highest BCUT2D eigenvalue weighted by atomic mass is 32.2. The first-order chi connectivity index (χ1) is 13.8. The lowest BCUT2D eigenvalue weighted by Crippen LogP contribution is -2.32. The number of ether oxygens (including phenoxy) is 1. The third-order valence-corrected chi connectivity index (χ3v) is 5.79. The van der Waals surface area contributed by atoms with Crippen molar-refractivity contribution in [1.82, 2.24) is 4.72 Å². The van der Waals surface area contributed by atoms with E-state index in [0.29, 0.717) is 12.0 Å². The highest BCUT2D eigenvalue weighted by molar-refractivity contribution is 7.89. The largest absolute Gasteiger partial charge is 0.456 e. The zero-order chi connectivity index (χ0) is 21.4. The third-order valence-electron chi connectivity index (χ3n) is 4.33. The summed E-state index contributed by atoms with van der Waals surface area (Å²) in [5, 5.41) is 9.02. The molecule has 0 aromatic heterocycles. The van der Waals surface area contributed by atoms with Gasteiger partial charge in [-0.1, -0.05) is 38.1 Å². The van der Waals surface area contributed by atoms with Gasteiger partial charge in [0.2, 0.25) is 15.8 Å². The van der Waals surface area contributed by atoms with Gasteiger partial charge in [0.25, 0.3) is 0 Å². The maximum absolute atomic E-state index is 12.5. The van der Waals surface area contributed by atoms with Crippen LogP contribution < -0.4 is 4.72 Å². The topological polar surface area (TPSA) is 113 Å². The average Bonchev–Trinajstić information content (AvgIpc) is 2.75. The summed E-state index contributed by atoms with van der Waals surface area (Å²) < 4.78 is 31.6. The van der Waals surface area contributed by atoms with E-state index in [0.717, 1.165) is 17.5 Å². The molecule has 0 aliphatic carbocycles. The summed E-state index contributed by atoms with van der Waals surface area (Å²) >= 11 is 0. The number of esters is 1. The lowest BCUT2D eigenvalue weighted by atomic mass is 9.98. The molecule has 29 heavy (non-hydrogen) atoms. The normalized spacial score (nSPS) is 10.9. The lowest BCUT2D eigenvalue weighted by Gasteiger charge is -2.10. The minimum absolute atomic E-state index is 0.0357. The Balaban J connectivity index is 1.98. The van der Waals surface area contributed by atoms with Gasteiger partial charge in [-0.2, -0.15) is 9.98 Å².